The molecule has 20 heavy (non-hydrogen) atoms. The smallest absolute Gasteiger partial charge is 0.0136 e. The molecule has 0 aliphatic heterocycles. The highest BCUT2D eigenvalue weighted by atomic mass is 14.9. The van der Waals surface area contributed by atoms with Crippen molar-refractivity contribution in [2.45, 2.75) is 70.3 Å². The van der Waals surface area contributed by atoms with Crippen LogP contribution in [-0.4, -0.2) is 12.6 Å². The van der Waals surface area contributed by atoms with Crippen LogP contribution in [0.4, 0.5) is 0 Å². The van der Waals surface area contributed by atoms with E-state index in [9.17, 15) is 0 Å². The fourth-order valence-corrected chi connectivity index (χ4v) is 3.81. The van der Waals surface area contributed by atoms with Gasteiger partial charge in [-0.1, -0.05) is 44.0 Å². The Morgan fingerprint density at radius 3 is 2.85 bits per heavy atom. The summed E-state index contributed by atoms with van der Waals surface area (Å²) in [6, 6.07) is 9.88. The second-order valence-electron chi connectivity index (χ2n) is 6.78. The Hall–Kier alpha value is -0.820. The predicted molar refractivity (Wildman–Crippen MR) is 86.2 cm³/mol. The lowest BCUT2D eigenvalue weighted by Gasteiger charge is -2.33. The van der Waals surface area contributed by atoms with Crippen molar-refractivity contribution in [3.05, 3.63) is 35.4 Å². The summed E-state index contributed by atoms with van der Waals surface area (Å²) in [6.07, 6.45) is 11.1. The topological polar surface area (TPSA) is 12.0 Å². The molecule has 2 unspecified atom stereocenters. The molecule has 0 amide bonds. The van der Waals surface area contributed by atoms with E-state index in [-0.39, 0.29) is 0 Å². The zero-order valence-electron chi connectivity index (χ0n) is 12.9. The highest BCUT2D eigenvalue weighted by Gasteiger charge is 2.29. The molecular weight excluding hydrogens is 242 g/mol. The number of hydrogen-bond donors (Lipinski definition) is 1. The maximum absolute atomic E-state index is 3.86. The van der Waals surface area contributed by atoms with Gasteiger partial charge in [-0.2, -0.15) is 0 Å². The van der Waals surface area contributed by atoms with Gasteiger partial charge in [0.05, 0.1) is 0 Å². The Morgan fingerprint density at radius 1 is 1.20 bits per heavy atom. The second kappa shape index (κ2) is 6.76. The van der Waals surface area contributed by atoms with Crippen LogP contribution in [0.15, 0.2) is 24.3 Å². The van der Waals surface area contributed by atoms with Gasteiger partial charge < -0.3 is 5.32 Å². The van der Waals surface area contributed by atoms with Gasteiger partial charge in [0, 0.05) is 6.04 Å². The van der Waals surface area contributed by atoms with E-state index < -0.39 is 0 Å². The molecule has 2 aliphatic carbocycles. The van der Waals surface area contributed by atoms with Crippen molar-refractivity contribution in [3.8, 4) is 0 Å². The zero-order valence-corrected chi connectivity index (χ0v) is 12.9. The van der Waals surface area contributed by atoms with Crippen LogP contribution in [0.2, 0.25) is 0 Å². The first kappa shape index (κ1) is 14.1. The van der Waals surface area contributed by atoms with E-state index >= 15 is 0 Å². The summed E-state index contributed by atoms with van der Waals surface area (Å²) in [6.45, 7) is 3.45. The summed E-state index contributed by atoms with van der Waals surface area (Å²) in [4.78, 5) is 0. The molecule has 1 N–H and O–H groups in total. The lowest BCUT2D eigenvalue weighted by Crippen LogP contribution is -2.37. The minimum absolute atomic E-state index is 0.706. The van der Waals surface area contributed by atoms with Crippen LogP contribution in [0.5, 0.6) is 0 Å². The van der Waals surface area contributed by atoms with Gasteiger partial charge in [0.2, 0.25) is 0 Å². The van der Waals surface area contributed by atoms with Gasteiger partial charge >= 0.3 is 0 Å². The van der Waals surface area contributed by atoms with Crippen molar-refractivity contribution in [1.29, 1.82) is 0 Å². The molecule has 110 valence electrons. The van der Waals surface area contributed by atoms with Gasteiger partial charge in [-0.15, -0.1) is 0 Å². The van der Waals surface area contributed by atoms with Gasteiger partial charge in [0.15, 0.2) is 0 Å². The number of hydrogen-bond acceptors (Lipinski definition) is 1. The zero-order chi connectivity index (χ0) is 13.8. The van der Waals surface area contributed by atoms with Gasteiger partial charge in [-0.3, -0.25) is 0 Å². The third-order valence-corrected chi connectivity index (χ3v) is 5.14. The minimum atomic E-state index is 0.706. The maximum Gasteiger partial charge on any atom is 0.0136 e. The average Bonchev–Trinajstić information content (AvgIpc) is 3.31. The lowest BCUT2D eigenvalue weighted by atomic mass is 9.77. The van der Waals surface area contributed by atoms with Crippen molar-refractivity contribution in [2.24, 2.45) is 5.92 Å². The third-order valence-electron chi connectivity index (χ3n) is 5.14. The molecular formula is C19H29N. The molecule has 0 saturated heterocycles. The van der Waals surface area contributed by atoms with E-state index in [1.807, 2.05) is 0 Å². The monoisotopic (exact) mass is 271 g/mol. The molecule has 1 saturated carbocycles. The molecule has 1 heteroatoms. The van der Waals surface area contributed by atoms with Crippen LogP contribution in [0.3, 0.4) is 0 Å². The summed E-state index contributed by atoms with van der Waals surface area (Å²) in [5.41, 5.74) is 3.25. The SMILES string of the molecule is CCCNC(CCC1CC1)C1CCCc2ccccc21. The molecule has 1 nitrogen and oxygen atoms in total. The van der Waals surface area contributed by atoms with Crippen LogP contribution >= 0.6 is 0 Å². The standard InChI is InChI=1S/C19H29N/c1-2-14-20-19(13-12-15-10-11-15)18-9-5-7-16-6-3-4-8-17(16)18/h3-4,6,8,15,18-20H,2,5,7,9-14H2,1H3. The van der Waals surface area contributed by atoms with Crippen molar-refractivity contribution in [3.63, 3.8) is 0 Å². The van der Waals surface area contributed by atoms with E-state index in [1.165, 1.54) is 57.9 Å². The number of fused-ring (bicyclic) bond motifs is 1. The van der Waals surface area contributed by atoms with E-state index in [0.717, 1.165) is 11.8 Å². The number of benzene rings is 1. The predicted octanol–water partition coefficient (Wildman–Crippen LogP) is 4.66. The Balaban J connectivity index is 1.71. The Bertz CT molecular complexity index is 422. The van der Waals surface area contributed by atoms with Crippen molar-refractivity contribution in [2.75, 3.05) is 6.54 Å². The summed E-state index contributed by atoms with van der Waals surface area (Å²) in [5, 5.41) is 3.86. The molecule has 1 aromatic carbocycles. The molecule has 3 rings (SSSR count). The maximum atomic E-state index is 3.86. The minimum Gasteiger partial charge on any atom is -0.313 e. The van der Waals surface area contributed by atoms with Crippen LogP contribution in [0, 0.1) is 5.92 Å². The third kappa shape index (κ3) is 3.44. The van der Waals surface area contributed by atoms with Crippen LogP contribution in [-0.2, 0) is 6.42 Å². The number of rotatable bonds is 7. The quantitative estimate of drug-likeness (QED) is 0.760. The van der Waals surface area contributed by atoms with Crippen LogP contribution < -0.4 is 5.32 Å². The van der Waals surface area contributed by atoms with Crippen LogP contribution in [0.1, 0.15) is 68.9 Å². The summed E-state index contributed by atoms with van der Waals surface area (Å²) < 4.78 is 0. The average molecular weight is 271 g/mol. The molecule has 2 aliphatic rings. The van der Waals surface area contributed by atoms with Gasteiger partial charge in [0.1, 0.15) is 0 Å². The Morgan fingerprint density at radius 2 is 2.05 bits per heavy atom. The summed E-state index contributed by atoms with van der Waals surface area (Å²) in [7, 11) is 0. The fourth-order valence-electron chi connectivity index (χ4n) is 3.81. The largest absolute Gasteiger partial charge is 0.313 e. The Labute approximate surface area is 124 Å². The van der Waals surface area contributed by atoms with E-state index in [2.05, 4.69) is 36.5 Å². The van der Waals surface area contributed by atoms with Gasteiger partial charge in [-0.05, 0) is 68.0 Å². The first-order valence-corrected chi connectivity index (χ1v) is 8.69. The number of nitrogens with one attached hydrogen (secondary N) is 1. The molecule has 0 spiro atoms. The molecule has 1 aromatic rings. The summed E-state index contributed by atoms with van der Waals surface area (Å²) >= 11 is 0. The van der Waals surface area contributed by atoms with E-state index in [1.54, 1.807) is 11.1 Å². The molecule has 0 radical (unpaired) electrons. The first-order valence-electron chi connectivity index (χ1n) is 8.69. The first-order chi connectivity index (χ1) is 9.88. The van der Waals surface area contributed by atoms with Crippen molar-refractivity contribution < 1.29 is 0 Å². The lowest BCUT2D eigenvalue weighted by molar-refractivity contribution is 0.360. The summed E-state index contributed by atoms with van der Waals surface area (Å²) in [5.74, 6) is 1.81. The van der Waals surface area contributed by atoms with E-state index in [0.29, 0.717) is 6.04 Å². The normalized spacial score (nSPS) is 23.4. The Kier molecular flexibility index (Phi) is 4.77. The van der Waals surface area contributed by atoms with Crippen molar-refractivity contribution in [1.82, 2.24) is 5.32 Å². The molecule has 0 aromatic heterocycles. The van der Waals surface area contributed by atoms with Crippen LogP contribution in [0.25, 0.3) is 0 Å². The highest BCUT2D eigenvalue weighted by Crippen LogP contribution is 2.39. The fraction of sp³-hybridized carbons (Fsp3) is 0.684. The molecule has 0 heterocycles. The van der Waals surface area contributed by atoms with Gasteiger partial charge in [0.25, 0.3) is 0 Å². The second-order valence-corrected chi connectivity index (χ2v) is 6.78. The molecule has 2 atom stereocenters. The molecule has 0 bridgehead atoms. The molecule has 1 fully saturated rings. The number of aryl methyl sites for hydroxylation is 1. The highest BCUT2D eigenvalue weighted by molar-refractivity contribution is 5.33. The van der Waals surface area contributed by atoms with Crippen molar-refractivity contribution >= 4 is 0 Å². The van der Waals surface area contributed by atoms with Gasteiger partial charge in [-0.25, -0.2) is 0 Å². The van der Waals surface area contributed by atoms with E-state index in [4.69, 9.17) is 0 Å².